The molecule has 0 spiro atoms. The van der Waals surface area contributed by atoms with Crippen molar-refractivity contribution >= 4 is 5.91 Å². The van der Waals surface area contributed by atoms with E-state index >= 15 is 0 Å². The molecular formula is C20H30N2O3. The Morgan fingerprint density at radius 1 is 1.08 bits per heavy atom. The topological polar surface area (TPSA) is 42.0 Å². The van der Waals surface area contributed by atoms with E-state index in [9.17, 15) is 4.79 Å². The van der Waals surface area contributed by atoms with Crippen LogP contribution in [0.3, 0.4) is 0 Å². The molecular weight excluding hydrogens is 316 g/mol. The molecule has 1 amide bonds. The minimum absolute atomic E-state index is 0.309. The number of ether oxygens (including phenoxy) is 2. The van der Waals surface area contributed by atoms with E-state index in [0.717, 1.165) is 37.6 Å². The number of hydrogen-bond acceptors (Lipinski definition) is 4. The Labute approximate surface area is 150 Å². The van der Waals surface area contributed by atoms with Gasteiger partial charge in [0, 0.05) is 25.7 Å². The van der Waals surface area contributed by atoms with Crippen LogP contribution >= 0.6 is 0 Å². The summed E-state index contributed by atoms with van der Waals surface area (Å²) in [6, 6.07) is 8.20. The lowest BCUT2D eigenvalue weighted by Gasteiger charge is -2.40. The maximum Gasteiger partial charge on any atom is 0.237 e. The van der Waals surface area contributed by atoms with Crippen LogP contribution in [0.4, 0.5) is 0 Å². The highest BCUT2D eigenvalue weighted by atomic mass is 16.5. The Kier molecular flexibility index (Phi) is 6.56. The van der Waals surface area contributed by atoms with Gasteiger partial charge >= 0.3 is 0 Å². The van der Waals surface area contributed by atoms with Crippen LogP contribution in [0.5, 0.6) is 11.5 Å². The number of nitrogens with zero attached hydrogens (tertiary/aromatic N) is 2. The second-order valence-electron chi connectivity index (χ2n) is 7.01. The summed E-state index contributed by atoms with van der Waals surface area (Å²) in [5, 5.41) is 0. The predicted octanol–water partition coefficient (Wildman–Crippen LogP) is 2.94. The first kappa shape index (κ1) is 18.1. The van der Waals surface area contributed by atoms with E-state index in [-0.39, 0.29) is 0 Å². The molecule has 3 rings (SSSR count). The summed E-state index contributed by atoms with van der Waals surface area (Å²) in [4.78, 5) is 16.9. The Morgan fingerprint density at radius 2 is 1.84 bits per heavy atom. The van der Waals surface area contributed by atoms with Gasteiger partial charge in [0.25, 0.3) is 0 Å². The second kappa shape index (κ2) is 9.09. The molecule has 25 heavy (non-hydrogen) atoms. The number of rotatable bonds is 7. The zero-order valence-electron chi connectivity index (χ0n) is 15.3. The zero-order valence-corrected chi connectivity index (χ0v) is 15.3. The van der Waals surface area contributed by atoms with Crippen molar-refractivity contribution in [2.45, 2.75) is 44.6 Å². The van der Waals surface area contributed by atoms with E-state index in [0.29, 0.717) is 25.1 Å². The zero-order chi connectivity index (χ0) is 17.5. The van der Waals surface area contributed by atoms with E-state index in [1.54, 1.807) is 7.11 Å². The molecule has 1 saturated carbocycles. The van der Waals surface area contributed by atoms with E-state index in [4.69, 9.17) is 9.47 Å². The highest BCUT2D eigenvalue weighted by Crippen LogP contribution is 2.26. The molecule has 0 bridgehead atoms. The summed E-state index contributed by atoms with van der Waals surface area (Å²) in [7, 11) is 1.65. The molecule has 0 unspecified atom stereocenters. The SMILES string of the molecule is COc1ccccc1OCCCN1CCN(C2CCCCC2)C(=O)C1. The summed E-state index contributed by atoms with van der Waals surface area (Å²) in [5.74, 6) is 1.85. The van der Waals surface area contributed by atoms with Crippen molar-refractivity contribution in [1.82, 2.24) is 9.80 Å². The smallest absolute Gasteiger partial charge is 0.237 e. The molecule has 0 N–H and O–H groups in total. The lowest BCUT2D eigenvalue weighted by Crippen LogP contribution is -2.54. The summed E-state index contributed by atoms with van der Waals surface area (Å²) >= 11 is 0. The largest absolute Gasteiger partial charge is 0.493 e. The predicted molar refractivity (Wildman–Crippen MR) is 98.1 cm³/mol. The second-order valence-corrected chi connectivity index (χ2v) is 7.01. The molecule has 1 saturated heterocycles. The summed E-state index contributed by atoms with van der Waals surface area (Å²) in [6.07, 6.45) is 7.18. The van der Waals surface area contributed by atoms with Gasteiger partial charge in [-0.25, -0.2) is 0 Å². The van der Waals surface area contributed by atoms with Gasteiger partial charge < -0.3 is 14.4 Å². The van der Waals surface area contributed by atoms with E-state index in [1.807, 2.05) is 24.3 Å². The van der Waals surface area contributed by atoms with Crippen LogP contribution in [-0.4, -0.2) is 61.6 Å². The Hall–Kier alpha value is -1.75. The van der Waals surface area contributed by atoms with E-state index in [2.05, 4.69) is 9.80 Å². The molecule has 5 nitrogen and oxygen atoms in total. The molecule has 2 aliphatic rings. The number of hydrogen-bond donors (Lipinski definition) is 0. The standard InChI is InChI=1S/C20H30N2O3/c1-24-18-10-5-6-11-19(18)25-15-7-12-21-13-14-22(20(23)16-21)17-8-3-2-4-9-17/h5-6,10-11,17H,2-4,7-9,12-16H2,1H3. The molecule has 2 fully saturated rings. The van der Waals surface area contributed by atoms with Crippen molar-refractivity contribution < 1.29 is 14.3 Å². The Bertz CT molecular complexity index is 558. The van der Waals surface area contributed by atoms with Gasteiger partial charge in [0.2, 0.25) is 5.91 Å². The van der Waals surface area contributed by atoms with Crippen LogP contribution < -0.4 is 9.47 Å². The fraction of sp³-hybridized carbons (Fsp3) is 0.650. The Morgan fingerprint density at radius 3 is 2.56 bits per heavy atom. The number of para-hydroxylation sites is 2. The van der Waals surface area contributed by atoms with Crippen molar-refractivity contribution in [3.63, 3.8) is 0 Å². The van der Waals surface area contributed by atoms with Crippen LogP contribution in [0.2, 0.25) is 0 Å². The first-order valence-electron chi connectivity index (χ1n) is 9.55. The monoisotopic (exact) mass is 346 g/mol. The third-order valence-electron chi connectivity index (χ3n) is 5.30. The summed E-state index contributed by atoms with van der Waals surface area (Å²) in [5.41, 5.74) is 0. The lowest BCUT2D eigenvalue weighted by molar-refractivity contribution is -0.139. The highest BCUT2D eigenvalue weighted by molar-refractivity contribution is 5.79. The van der Waals surface area contributed by atoms with Gasteiger partial charge in [-0.15, -0.1) is 0 Å². The van der Waals surface area contributed by atoms with Crippen LogP contribution in [-0.2, 0) is 4.79 Å². The molecule has 1 aromatic carbocycles. The van der Waals surface area contributed by atoms with E-state index < -0.39 is 0 Å². The van der Waals surface area contributed by atoms with Crippen molar-refractivity contribution in [2.75, 3.05) is 39.9 Å². The summed E-state index contributed by atoms with van der Waals surface area (Å²) < 4.78 is 11.1. The molecule has 0 aromatic heterocycles. The minimum Gasteiger partial charge on any atom is -0.493 e. The molecule has 0 radical (unpaired) electrons. The first-order valence-corrected chi connectivity index (χ1v) is 9.55. The third-order valence-corrected chi connectivity index (χ3v) is 5.30. The van der Waals surface area contributed by atoms with Crippen LogP contribution in [0.25, 0.3) is 0 Å². The maximum atomic E-state index is 12.5. The quantitative estimate of drug-likeness (QED) is 0.712. The Balaban J connectivity index is 1.38. The average Bonchev–Trinajstić information content (AvgIpc) is 2.66. The number of amides is 1. The minimum atomic E-state index is 0.309. The number of carbonyl (C=O) groups excluding carboxylic acids is 1. The number of piperazine rings is 1. The number of benzene rings is 1. The van der Waals surface area contributed by atoms with Gasteiger partial charge in [0.15, 0.2) is 11.5 Å². The molecule has 1 aliphatic heterocycles. The van der Waals surface area contributed by atoms with Crippen LogP contribution in [0.15, 0.2) is 24.3 Å². The van der Waals surface area contributed by atoms with Crippen LogP contribution in [0.1, 0.15) is 38.5 Å². The molecule has 0 atom stereocenters. The number of methoxy groups -OCH3 is 1. The van der Waals surface area contributed by atoms with E-state index in [1.165, 1.54) is 32.1 Å². The molecule has 1 aromatic rings. The van der Waals surface area contributed by atoms with Crippen molar-refractivity contribution in [3.8, 4) is 11.5 Å². The average molecular weight is 346 g/mol. The van der Waals surface area contributed by atoms with Crippen molar-refractivity contribution in [1.29, 1.82) is 0 Å². The number of carbonyl (C=O) groups is 1. The van der Waals surface area contributed by atoms with Crippen molar-refractivity contribution in [3.05, 3.63) is 24.3 Å². The molecule has 1 heterocycles. The van der Waals surface area contributed by atoms with Gasteiger partial charge in [0.05, 0.1) is 20.3 Å². The van der Waals surface area contributed by atoms with Gasteiger partial charge in [-0.05, 0) is 31.4 Å². The highest BCUT2D eigenvalue weighted by Gasteiger charge is 2.29. The van der Waals surface area contributed by atoms with Gasteiger partial charge in [0.1, 0.15) is 0 Å². The first-order chi connectivity index (χ1) is 12.3. The fourth-order valence-corrected chi connectivity index (χ4v) is 3.91. The molecule has 138 valence electrons. The lowest BCUT2D eigenvalue weighted by atomic mass is 9.93. The molecule has 5 heteroatoms. The van der Waals surface area contributed by atoms with Crippen molar-refractivity contribution in [2.24, 2.45) is 0 Å². The van der Waals surface area contributed by atoms with Crippen LogP contribution in [0, 0.1) is 0 Å². The molecule has 1 aliphatic carbocycles. The van der Waals surface area contributed by atoms with Gasteiger partial charge in [-0.3, -0.25) is 9.69 Å². The van der Waals surface area contributed by atoms with Gasteiger partial charge in [-0.2, -0.15) is 0 Å². The summed E-state index contributed by atoms with van der Waals surface area (Å²) in [6.45, 7) is 3.97. The fourth-order valence-electron chi connectivity index (χ4n) is 3.91. The normalized spacial score (nSPS) is 19.9. The van der Waals surface area contributed by atoms with Gasteiger partial charge in [-0.1, -0.05) is 31.4 Å². The maximum absolute atomic E-state index is 12.5. The third kappa shape index (κ3) is 4.88.